The number of hydrogen-bond acceptors (Lipinski definition) is 3. The van der Waals surface area contributed by atoms with Gasteiger partial charge in [0.15, 0.2) is 0 Å². The maximum Gasteiger partial charge on any atom is 0.224 e. The van der Waals surface area contributed by atoms with E-state index in [1.165, 1.54) is 6.07 Å². The van der Waals surface area contributed by atoms with Gasteiger partial charge in [-0.1, -0.05) is 18.2 Å². The molecule has 2 heterocycles. The maximum absolute atomic E-state index is 13.9. The number of halogens is 1. The quantitative estimate of drug-likeness (QED) is 0.850. The lowest BCUT2D eigenvalue weighted by Gasteiger charge is -2.34. The average Bonchev–Trinajstić information content (AvgIpc) is 2.83. The second-order valence-electron chi connectivity index (χ2n) is 5.47. The summed E-state index contributed by atoms with van der Waals surface area (Å²) in [7, 11) is 0. The molecular formula is C17H18FNO2S. The van der Waals surface area contributed by atoms with Crippen LogP contribution in [-0.4, -0.2) is 16.6 Å². The lowest BCUT2D eigenvalue weighted by molar-refractivity contribution is -0.133. The summed E-state index contributed by atoms with van der Waals surface area (Å²) < 4.78 is 19.7. The SMILES string of the molecule is Cc1cc(C2SCCC(=O)N2Cc2ccccc2F)oc1C. The topological polar surface area (TPSA) is 33.5 Å². The Labute approximate surface area is 133 Å². The normalized spacial score (nSPS) is 18.8. The van der Waals surface area contributed by atoms with Gasteiger partial charge in [0.25, 0.3) is 0 Å². The molecule has 0 spiro atoms. The van der Waals surface area contributed by atoms with Gasteiger partial charge in [-0.25, -0.2) is 4.39 Å². The molecule has 1 aliphatic heterocycles. The van der Waals surface area contributed by atoms with Gasteiger partial charge in [-0.3, -0.25) is 4.79 Å². The number of carbonyl (C=O) groups is 1. The van der Waals surface area contributed by atoms with Crippen molar-refractivity contribution in [2.45, 2.75) is 32.2 Å². The third kappa shape index (κ3) is 2.90. The molecule has 1 atom stereocenters. The van der Waals surface area contributed by atoms with E-state index in [-0.39, 0.29) is 23.6 Å². The molecular weight excluding hydrogens is 301 g/mol. The highest BCUT2D eigenvalue weighted by Gasteiger charge is 2.32. The van der Waals surface area contributed by atoms with E-state index in [0.717, 1.165) is 22.8 Å². The number of amides is 1. The van der Waals surface area contributed by atoms with Crippen LogP contribution in [0.2, 0.25) is 0 Å². The maximum atomic E-state index is 13.9. The fourth-order valence-corrected chi connectivity index (χ4v) is 3.73. The zero-order valence-electron chi connectivity index (χ0n) is 12.6. The van der Waals surface area contributed by atoms with Crippen LogP contribution in [0.4, 0.5) is 4.39 Å². The highest BCUT2D eigenvalue weighted by Crippen LogP contribution is 2.39. The van der Waals surface area contributed by atoms with Gasteiger partial charge in [0, 0.05) is 17.7 Å². The number of furan rings is 1. The number of carbonyl (C=O) groups excluding carboxylic acids is 1. The molecule has 0 saturated carbocycles. The van der Waals surface area contributed by atoms with Gasteiger partial charge >= 0.3 is 0 Å². The van der Waals surface area contributed by atoms with Crippen molar-refractivity contribution in [2.75, 3.05) is 5.75 Å². The molecule has 0 aliphatic carbocycles. The first-order valence-electron chi connectivity index (χ1n) is 7.27. The molecule has 1 fully saturated rings. The molecule has 5 heteroatoms. The van der Waals surface area contributed by atoms with E-state index < -0.39 is 0 Å². The number of benzene rings is 1. The summed E-state index contributed by atoms with van der Waals surface area (Å²) in [6.45, 7) is 4.16. The fraction of sp³-hybridized carbons (Fsp3) is 0.353. The molecule has 3 nitrogen and oxygen atoms in total. The number of hydrogen-bond donors (Lipinski definition) is 0. The standard InChI is InChI=1S/C17H18FNO2S/c1-11-9-15(21-12(11)2)17-19(16(20)7-8-22-17)10-13-5-3-4-6-14(13)18/h3-6,9,17H,7-8,10H2,1-2H3. The van der Waals surface area contributed by atoms with Crippen LogP contribution in [0, 0.1) is 19.7 Å². The zero-order valence-corrected chi connectivity index (χ0v) is 13.5. The Hall–Kier alpha value is -1.75. The van der Waals surface area contributed by atoms with Crippen LogP contribution >= 0.6 is 11.8 Å². The molecule has 0 bridgehead atoms. The minimum absolute atomic E-state index is 0.0405. The Morgan fingerprint density at radius 3 is 2.82 bits per heavy atom. The van der Waals surface area contributed by atoms with Gasteiger partial charge in [0.2, 0.25) is 5.91 Å². The van der Waals surface area contributed by atoms with Crippen LogP contribution in [0.25, 0.3) is 0 Å². The summed E-state index contributed by atoms with van der Waals surface area (Å²) in [5, 5.41) is -0.187. The second-order valence-corrected chi connectivity index (χ2v) is 6.66. The first-order chi connectivity index (χ1) is 10.6. The third-order valence-corrected chi connectivity index (χ3v) is 5.16. The van der Waals surface area contributed by atoms with Gasteiger partial charge in [-0.05, 0) is 31.5 Å². The molecule has 0 N–H and O–H groups in total. The van der Waals surface area contributed by atoms with Crippen LogP contribution in [0.15, 0.2) is 34.7 Å². The molecule has 1 saturated heterocycles. The number of rotatable bonds is 3. The fourth-order valence-electron chi connectivity index (χ4n) is 2.56. The molecule has 116 valence electrons. The summed E-state index contributed by atoms with van der Waals surface area (Å²) in [5.41, 5.74) is 1.60. The smallest absolute Gasteiger partial charge is 0.224 e. The molecule has 1 unspecified atom stereocenters. The first kappa shape index (κ1) is 15.2. The van der Waals surface area contributed by atoms with Crippen molar-refractivity contribution in [3.05, 3.63) is 58.8 Å². The zero-order chi connectivity index (χ0) is 15.7. The summed E-state index contributed by atoms with van der Waals surface area (Å²) >= 11 is 1.66. The summed E-state index contributed by atoms with van der Waals surface area (Å²) in [4.78, 5) is 14.0. The molecule has 1 amide bonds. The van der Waals surface area contributed by atoms with E-state index in [2.05, 4.69) is 0 Å². The third-order valence-electron chi connectivity index (χ3n) is 3.92. The van der Waals surface area contributed by atoms with Crippen molar-refractivity contribution in [1.82, 2.24) is 4.90 Å². The van der Waals surface area contributed by atoms with Crippen LogP contribution in [0.3, 0.4) is 0 Å². The van der Waals surface area contributed by atoms with E-state index in [4.69, 9.17) is 4.42 Å². The molecule has 0 radical (unpaired) electrons. The van der Waals surface area contributed by atoms with E-state index in [1.807, 2.05) is 19.9 Å². The minimum atomic E-state index is -0.281. The van der Waals surface area contributed by atoms with Gasteiger partial charge in [-0.15, -0.1) is 11.8 Å². The van der Waals surface area contributed by atoms with E-state index in [9.17, 15) is 9.18 Å². The second kappa shape index (κ2) is 6.16. The van der Waals surface area contributed by atoms with Crippen LogP contribution < -0.4 is 0 Å². The average molecular weight is 319 g/mol. The van der Waals surface area contributed by atoms with Gasteiger partial charge in [0.1, 0.15) is 22.7 Å². The molecule has 1 aromatic heterocycles. The Morgan fingerprint density at radius 2 is 2.14 bits per heavy atom. The highest BCUT2D eigenvalue weighted by atomic mass is 32.2. The van der Waals surface area contributed by atoms with Crippen molar-refractivity contribution < 1.29 is 13.6 Å². The predicted octanol–water partition coefficient (Wildman–Crippen LogP) is 4.20. The summed E-state index contributed by atoms with van der Waals surface area (Å²) in [6, 6.07) is 8.56. The Balaban J connectivity index is 1.90. The molecule has 1 aromatic carbocycles. The molecule has 1 aliphatic rings. The Morgan fingerprint density at radius 1 is 1.36 bits per heavy atom. The number of thioether (sulfide) groups is 1. The van der Waals surface area contributed by atoms with Gasteiger partial charge in [0.05, 0.1) is 6.54 Å². The van der Waals surface area contributed by atoms with Gasteiger partial charge < -0.3 is 9.32 Å². The lowest BCUT2D eigenvalue weighted by Crippen LogP contribution is -2.36. The van der Waals surface area contributed by atoms with Crippen molar-refractivity contribution in [3.8, 4) is 0 Å². The lowest BCUT2D eigenvalue weighted by atomic mass is 10.2. The molecule has 2 aromatic rings. The van der Waals surface area contributed by atoms with Gasteiger partial charge in [-0.2, -0.15) is 0 Å². The van der Waals surface area contributed by atoms with E-state index in [0.29, 0.717) is 12.0 Å². The largest absolute Gasteiger partial charge is 0.463 e. The van der Waals surface area contributed by atoms with Crippen molar-refractivity contribution in [2.24, 2.45) is 0 Å². The van der Waals surface area contributed by atoms with Crippen molar-refractivity contribution in [3.63, 3.8) is 0 Å². The Kier molecular flexibility index (Phi) is 4.25. The van der Waals surface area contributed by atoms with E-state index >= 15 is 0 Å². The Bertz CT molecular complexity index is 678. The number of aryl methyl sites for hydroxylation is 2. The number of nitrogens with zero attached hydrogens (tertiary/aromatic N) is 1. The van der Waals surface area contributed by atoms with Crippen molar-refractivity contribution >= 4 is 17.7 Å². The first-order valence-corrected chi connectivity index (χ1v) is 8.32. The monoisotopic (exact) mass is 319 g/mol. The highest BCUT2D eigenvalue weighted by molar-refractivity contribution is 7.99. The minimum Gasteiger partial charge on any atom is -0.463 e. The van der Waals surface area contributed by atoms with E-state index in [1.54, 1.807) is 34.9 Å². The summed E-state index contributed by atoms with van der Waals surface area (Å²) in [5.74, 6) is 2.15. The van der Waals surface area contributed by atoms with Crippen molar-refractivity contribution in [1.29, 1.82) is 0 Å². The summed E-state index contributed by atoms with van der Waals surface area (Å²) in [6.07, 6.45) is 0.480. The molecule has 22 heavy (non-hydrogen) atoms. The van der Waals surface area contributed by atoms with Crippen LogP contribution in [-0.2, 0) is 11.3 Å². The molecule has 3 rings (SSSR count). The van der Waals surface area contributed by atoms with Crippen LogP contribution in [0.1, 0.15) is 34.4 Å². The van der Waals surface area contributed by atoms with Crippen LogP contribution in [0.5, 0.6) is 0 Å². The predicted molar refractivity (Wildman–Crippen MR) is 84.9 cm³/mol.